The smallest absolute Gasteiger partial charge is 0.272 e. The average molecular weight is 442 g/mol. The highest BCUT2D eigenvalue weighted by Crippen LogP contribution is 2.17. The van der Waals surface area contributed by atoms with Crippen LogP contribution in [0, 0.1) is 0 Å². The number of carbonyl (C=O) groups is 2. The number of amides is 2. The van der Waals surface area contributed by atoms with Crippen LogP contribution in [0.4, 0.5) is 0 Å². The highest BCUT2D eigenvalue weighted by molar-refractivity contribution is 7.89. The van der Waals surface area contributed by atoms with E-state index >= 15 is 0 Å². The molecule has 0 aliphatic rings. The van der Waals surface area contributed by atoms with E-state index in [4.69, 9.17) is 0 Å². The number of nitrogens with one attached hydrogen (secondary N) is 4. The Morgan fingerprint density at radius 2 is 1.52 bits per heavy atom. The number of nitrogens with zero attached hydrogens (tertiary/aromatic N) is 1. The number of hydrogen-bond donors (Lipinski definition) is 4. The van der Waals surface area contributed by atoms with Crippen LogP contribution in [-0.2, 0) is 10.0 Å². The summed E-state index contributed by atoms with van der Waals surface area (Å²) in [5.41, 5.74) is 5.76. The maximum absolute atomic E-state index is 12.3. The van der Waals surface area contributed by atoms with Crippen molar-refractivity contribution < 1.29 is 18.0 Å². The molecule has 0 saturated heterocycles. The van der Waals surface area contributed by atoms with Gasteiger partial charge in [-0.25, -0.2) is 13.1 Å². The number of hydrazine groups is 1. The van der Waals surface area contributed by atoms with Gasteiger partial charge in [0.2, 0.25) is 10.0 Å². The molecule has 0 aliphatic carbocycles. The maximum Gasteiger partial charge on any atom is 0.287 e. The summed E-state index contributed by atoms with van der Waals surface area (Å²) in [5, 5.41) is 6.71. The minimum Gasteiger partial charge on any atom is -0.272 e. The third-order valence-corrected chi connectivity index (χ3v) is 5.82. The van der Waals surface area contributed by atoms with Gasteiger partial charge in [-0.15, -0.1) is 0 Å². The van der Waals surface area contributed by atoms with Crippen molar-refractivity contribution in [3.8, 4) is 11.3 Å². The van der Waals surface area contributed by atoms with Crippen LogP contribution in [0.2, 0.25) is 0 Å². The van der Waals surface area contributed by atoms with Crippen LogP contribution in [0.1, 0.15) is 41.6 Å². The van der Waals surface area contributed by atoms with E-state index in [9.17, 15) is 18.0 Å². The predicted molar refractivity (Wildman–Crippen MR) is 115 cm³/mol. The molecule has 10 heteroatoms. The first-order valence-corrected chi connectivity index (χ1v) is 10.9. The number of hydrogen-bond acceptors (Lipinski definition) is 5. The zero-order valence-electron chi connectivity index (χ0n) is 17.3. The van der Waals surface area contributed by atoms with Gasteiger partial charge in [-0.3, -0.25) is 25.5 Å². The fraction of sp³-hybridized carbons (Fsp3) is 0.190. The van der Waals surface area contributed by atoms with Crippen LogP contribution < -0.4 is 15.6 Å². The molecule has 2 aromatic carbocycles. The topological polar surface area (TPSA) is 133 Å². The SMILES string of the molecule is CC(C)(C)NS(=O)(=O)c1ccc(C(=O)NNC(=O)c2cc(-c3ccccc3)n[nH]2)cc1. The van der Waals surface area contributed by atoms with Crippen LogP contribution in [0.3, 0.4) is 0 Å². The van der Waals surface area contributed by atoms with Gasteiger partial charge in [0.05, 0.1) is 10.6 Å². The first-order valence-electron chi connectivity index (χ1n) is 9.41. The Kier molecular flexibility index (Phi) is 6.23. The second-order valence-corrected chi connectivity index (χ2v) is 9.50. The molecule has 0 radical (unpaired) electrons. The van der Waals surface area contributed by atoms with Gasteiger partial charge in [0, 0.05) is 16.7 Å². The van der Waals surface area contributed by atoms with E-state index in [1.165, 1.54) is 24.3 Å². The number of aromatic amines is 1. The van der Waals surface area contributed by atoms with Crippen molar-refractivity contribution in [3.63, 3.8) is 0 Å². The van der Waals surface area contributed by atoms with E-state index in [0.717, 1.165) is 5.56 Å². The van der Waals surface area contributed by atoms with E-state index < -0.39 is 27.4 Å². The normalized spacial score (nSPS) is 11.7. The second kappa shape index (κ2) is 8.70. The van der Waals surface area contributed by atoms with Crippen molar-refractivity contribution in [1.29, 1.82) is 0 Å². The first kappa shape index (κ1) is 22.2. The lowest BCUT2D eigenvalue weighted by molar-refractivity contribution is 0.0844. The van der Waals surface area contributed by atoms with Crippen molar-refractivity contribution >= 4 is 21.8 Å². The maximum atomic E-state index is 12.3. The van der Waals surface area contributed by atoms with E-state index in [1.807, 2.05) is 30.3 Å². The Morgan fingerprint density at radius 1 is 0.903 bits per heavy atom. The largest absolute Gasteiger partial charge is 0.287 e. The molecule has 0 spiro atoms. The minimum atomic E-state index is -3.71. The number of benzene rings is 2. The number of rotatable bonds is 5. The van der Waals surface area contributed by atoms with E-state index in [0.29, 0.717) is 5.69 Å². The number of aromatic nitrogens is 2. The van der Waals surface area contributed by atoms with Crippen molar-refractivity contribution in [2.45, 2.75) is 31.2 Å². The molecule has 0 atom stereocenters. The Hall–Kier alpha value is -3.50. The number of H-pyrrole nitrogens is 1. The van der Waals surface area contributed by atoms with E-state index in [2.05, 4.69) is 25.8 Å². The molecule has 2 amide bonds. The lowest BCUT2D eigenvalue weighted by Gasteiger charge is -2.20. The highest BCUT2D eigenvalue weighted by Gasteiger charge is 2.22. The van der Waals surface area contributed by atoms with Gasteiger partial charge in [-0.1, -0.05) is 30.3 Å². The molecule has 0 unspecified atom stereocenters. The van der Waals surface area contributed by atoms with Crippen LogP contribution in [0.15, 0.2) is 65.6 Å². The lowest BCUT2D eigenvalue weighted by Crippen LogP contribution is -2.42. The average Bonchev–Trinajstić information content (AvgIpc) is 3.21. The van der Waals surface area contributed by atoms with E-state index in [1.54, 1.807) is 26.8 Å². The third-order valence-electron chi connectivity index (χ3n) is 4.05. The summed E-state index contributed by atoms with van der Waals surface area (Å²) in [5.74, 6) is -1.17. The van der Waals surface area contributed by atoms with Gasteiger partial charge >= 0.3 is 0 Å². The van der Waals surface area contributed by atoms with Gasteiger partial charge in [0.1, 0.15) is 5.69 Å². The van der Waals surface area contributed by atoms with Crippen LogP contribution in [-0.4, -0.2) is 36.0 Å². The summed E-state index contributed by atoms with van der Waals surface area (Å²) < 4.78 is 27.2. The molecule has 162 valence electrons. The molecule has 3 rings (SSSR count). The van der Waals surface area contributed by atoms with Crippen LogP contribution >= 0.6 is 0 Å². The summed E-state index contributed by atoms with van der Waals surface area (Å²) in [6.07, 6.45) is 0. The van der Waals surface area contributed by atoms with Crippen molar-refractivity contribution in [2.24, 2.45) is 0 Å². The Bertz CT molecular complexity index is 1180. The van der Waals surface area contributed by atoms with Gasteiger partial charge in [-0.05, 0) is 51.1 Å². The summed E-state index contributed by atoms with van der Waals surface area (Å²) in [6.45, 7) is 5.20. The molecule has 0 saturated carbocycles. The molecular formula is C21H23N5O4S. The molecule has 4 N–H and O–H groups in total. The van der Waals surface area contributed by atoms with Gasteiger partial charge in [0.15, 0.2) is 0 Å². The molecular weight excluding hydrogens is 418 g/mol. The Labute approximate surface area is 180 Å². The lowest BCUT2D eigenvalue weighted by atomic mass is 10.1. The molecule has 3 aromatic rings. The fourth-order valence-corrected chi connectivity index (χ4v) is 4.11. The van der Waals surface area contributed by atoms with Crippen molar-refractivity contribution in [2.75, 3.05) is 0 Å². The summed E-state index contributed by atoms with van der Waals surface area (Å²) in [7, 11) is -3.71. The van der Waals surface area contributed by atoms with E-state index in [-0.39, 0.29) is 16.2 Å². The molecule has 1 aromatic heterocycles. The first-order chi connectivity index (χ1) is 14.5. The summed E-state index contributed by atoms with van der Waals surface area (Å²) in [6, 6.07) is 16.3. The second-order valence-electron chi connectivity index (χ2n) is 7.82. The van der Waals surface area contributed by atoms with Gasteiger partial charge in [0.25, 0.3) is 11.8 Å². The Morgan fingerprint density at radius 3 is 2.13 bits per heavy atom. The van der Waals surface area contributed by atoms with Gasteiger partial charge < -0.3 is 0 Å². The summed E-state index contributed by atoms with van der Waals surface area (Å²) >= 11 is 0. The monoisotopic (exact) mass is 441 g/mol. The predicted octanol–water partition coefficient (Wildman–Crippen LogP) is 2.23. The fourth-order valence-electron chi connectivity index (χ4n) is 2.70. The van der Waals surface area contributed by atoms with Crippen LogP contribution in [0.25, 0.3) is 11.3 Å². The van der Waals surface area contributed by atoms with Gasteiger partial charge in [-0.2, -0.15) is 5.10 Å². The quantitative estimate of drug-likeness (QED) is 0.451. The summed E-state index contributed by atoms with van der Waals surface area (Å²) in [4.78, 5) is 24.6. The molecule has 0 bridgehead atoms. The number of carbonyl (C=O) groups excluding carboxylic acids is 2. The minimum absolute atomic E-state index is 0.0360. The molecule has 1 heterocycles. The highest BCUT2D eigenvalue weighted by atomic mass is 32.2. The third kappa shape index (κ3) is 5.77. The number of sulfonamides is 1. The van der Waals surface area contributed by atoms with Crippen molar-refractivity contribution in [3.05, 3.63) is 71.9 Å². The molecule has 0 fully saturated rings. The zero-order valence-corrected chi connectivity index (χ0v) is 18.1. The standard InChI is InChI=1S/C21H23N5O4S/c1-21(2,3)26-31(29,30)16-11-9-15(10-12-16)19(27)24-25-20(28)18-13-17(22-23-18)14-7-5-4-6-8-14/h4-13,26H,1-3H3,(H,22,23)(H,24,27)(H,25,28). The molecule has 0 aliphatic heterocycles. The molecule has 31 heavy (non-hydrogen) atoms. The zero-order chi connectivity index (χ0) is 22.6. The van der Waals surface area contributed by atoms with Crippen molar-refractivity contribution in [1.82, 2.24) is 25.8 Å². The Balaban J connectivity index is 1.61. The molecule has 9 nitrogen and oxygen atoms in total. The van der Waals surface area contributed by atoms with Crippen LogP contribution in [0.5, 0.6) is 0 Å².